The summed E-state index contributed by atoms with van der Waals surface area (Å²) < 4.78 is 18.6. The molecule has 0 spiro atoms. The first-order valence-corrected chi connectivity index (χ1v) is 5.37. The van der Waals surface area contributed by atoms with Gasteiger partial charge in [0.25, 0.3) is 0 Å². The Morgan fingerprint density at radius 1 is 1.71 bits per heavy atom. The van der Waals surface area contributed by atoms with E-state index in [2.05, 4.69) is 20.7 Å². The summed E-state index contributed by atoms with van der Waals surface area (Å²) in [6, 6.07) is 1.30. The Labute approximate surface area is 102 Å². The zero-order valence-electron chi connectivity index (χ0n) is 7.11. The smallest absolute Gasteiger partial charge is 0.340 e. The molecular weight excluding hydrogens is 368 g/mol. The average molecular weight is 374 g/mol. The lowest BCUT2D eigenvalue weighted by molar-refractivity contribution is 0.0595. The van der Waals surface area contributed by atoms with Crippen LogP contribution in [0.1, 0.15) is 10.4 Å². The van der Waals surface area contributed by atoms with Crippen LogP contribution in [0, 0.1) is 9.39 Å². The molecule has 1 aromatic rings. The number of ether oxygens (including phenoxy) is 1. The number of hydrogen-bond acceptors (Lipinski definition) is 3. The third-order valence-electron chi connectivity index (χ3n) is 1.60. The molecule has 76 valence electrons. The molecule has 0 heterocycles. The van der Waals surface area contributed by atoms with E-state index in [4.69, 9.17) is 5.73 Å². The molecule has 1 aromatic carbocycles. The van der Waals surface area contributed by atoms with Crippen LogP contribution in [0.4, 0.5) is 10.1 Å². The minimum atomic E-state index is -0.721. The summed E-state index contributed by atoms with van der Waals surface area (Å²) in [5, 5.41) is 0. The maximum Gasteiger partial charge on any atom is 0.340 e. The van der Waals surface area contributed by atoms with Gasteiger partial charge in [0, 0.05) is 4.47 Å². The Hall–Kier alpha value is -0.370. The fourth-order valence-electron chi connectivity index (χ4n) is 0.868. The Balaban J connectivity index is 3.40. The molecule has 0 radical (unpaired) electrons. The Bertz CT molecular complexity index is 397. The molecule has 0 amide bonds. The molecule has 0 aromatic heterocycles. The molecule has 14 heavy (non-hydrogen) atoms. The number of anilines is 1. The lowest BCUT2D eigenvalue weighted by Gasteiger charge is -2.07. The van der Waals surface area contributed by atoms with Gasteiger partial charge in [-0.3, -0.25) is 0 Å². The maximum absolute atomic E-state index is 13.5. The number of methoxy groups -OCH3 is 1. The maximum atomic E-state index is 13.5. The number of rotatable bonds is 1. The van der Waals surface area contributed by atoms with E-state index < -0.39 is 11.8 Å². The lowest BCUT2D eigenvalue weighted by Crippen LogP contribution is -2.08. The second kappa shape index (κ2) is 4.43. The van der Waals surface area contributed by atoms with Crippen molar-refractivity contribution < 1.29 is 13.9 Å². The van der Waals surface area contributed by atoms with Crippen molar-refractivity contribution in [3.8, 4) is 0 Å². The van der Waals surface area contributed by atoms with Gasteiger partial charge in [0.2, 0.25) is 0 Å². The molecule has 3 nitrogen and oxygen atoms in total. The van der Waals surface area contributed by atoms with Gasteiger partial charge in [0.15, 0.2) is 5.82 Å². The Morgan fingerprint density at radius 3 is 2.79 bits per heavy atom. The van der Waals surface area contributed by atoms with E-state index >= 15 is 0 Å². The number of hydrogen-bond donors (Lipinski definition) is 1. The molecule has 0 atom stereocenters. The quantitative estimate of drug-likeness (QED) is 0.356. The molecule has 0 bridgehead atoms. The lowest BCUT2D eigenvalue weighted by atomic mass is 10.2. The third kappa shape index (κ3) is 2.00. The van der Waals surface area contributed by atoms with E-state index in [9.17, 15) is 9.18 Å². The van der Waals surface area contributed by atoms with Crippen LogP contribution in [0.3, 0.4) is 0 Å². The summed E-state index contributed by atoms with van der Waals surface area (Å²) in [5.41, 5.74) is 5.69. The van der Waals surface area contributed by atoms with Crippen LogP contribution >= 0.6 is 38.5 Å². The standard InChI is InChI=1S/C8H6BrFINO2/c1-14-8(13)3-2-4(9)7(12)6(11)5(3)10/h2H,12H2,1H3. The average Bonchev–Trinajstić information content (AvgIpc) is 2.19. The number of halogens is 3. The fraction of sp³-hybridized carbons (Fsp3) is 0.125. The highest BCUT2D eigenvalue weighted by molar-refractivity contribution is 14.1. The number of benzene rings is 1. The van der Waals surface area contributed by atoms with Crippen LogP contribution in [0.2, 0.25) is 0 Å². The molecule has 0 aliphatic carbocycles. The number of carbonyl (C=O) groups excluding carboxylic acids is 1. The number of nitrogens with two attached hydrogens (primary N) is 1. The van der Waals surface area contributed by atoms with Crippen molar-refractivity contribution in [1.29, 1.82) is 0 Å². The largest absolute Gasteiger partial charge is 0.465 e. The van der Waals surface area contributed by atoms with E-state index in [1.54, 1.807) is 22.6 Å². The first kappa shape index (κ1) is 11.7. The fourth-order valence-corrected chi connectivity index (χ4v) is 2.25. The molecule has 0 saturated carbocycles. The molecule has 0 aliphatic rings. The van der Waals surface area contributed by atoms with Crippen LogP contribution in [0.25, 0.3) is 0 Å². The molecular formula is C8H6BrFINO2. The Kier molecular flexibility index (Phi) is 3.71. The van der Waals surface area contributed by atoms with Gasteiger partial charge in [0.1, 0.15) is 0 Å². The van der Waals surface area contributed by atoms with Crippen molar-refractivity contribution in [2.75, 3.05) is 12.8 Å². The zero-order chi connectivity index (χ0) is 10.9. The molecule has 1 rings (SSSR count). The summed E-state index contributed by atoms with van der Waals surface area (Å²) in [7, 11) is 1.19. The molecule has 0 unspecified atom stereocenters. The molecule has 2 N–H and O–H groups in total. The molecule has 0 aliphatic heterocycles. The minimum Gasteiger partial charge on any atom is -0.465 e. The van der Waals surface area contributed by atoms with Crippen LogP contribution in [0.15, 0.2) is 10.5 Å². The van der Waals surface area contributed by atoms with E-state index in [-0.39, 0.29) is 14.8 Å². The summed E-state index contributed by atoms with van der Waals surface area (Å²) in [6.07, 6.45) is 0. The topological polar surface area (TPSA) is 52.3 Å². The van der Waals surface area contributed by atoms with Crippen molar-refractivity contribution in [2.24, 2.45) is 0 Å². The van der Waals surface area contributed by atoms with Crippen LogP contribution in [-0.2, 0) is 4.74 Å². The normalized spacial score (nSPS) is 10.0. The molecule has 6 heteroatoms. The van der Waals surface area contributed by atoms with Crippen LogP contribution in [0.5, 0.6) is 0 Å². The molecule has 0 saturated heterocycles. The van der Waals surface area contributed by atoms with Crippen LogP contribution in [-0.4, -0.2) is 13.1 Å². The summed E-state index contributed by atoms with van der Waals surface area (Å²) in [6.45, 7) is 0. The highest BCUT2D eigenvalue weighted by Crippen LogP contribution is 2.30. The predicted octanol–water partition coefficient (Wildman–Crippen LogP) is 2.56. The van der Waals surface area contributed by atoms with Gasteiger partial charge >= 0.3 is 5.97 Å². The second-order valence-corrected chi connectivity index (χ2v) is 4.37. The van der Waals surface area contributed by atoms with E-state index in [0.29, 0.717) is 4.47 Å². The van der Waals surface area contributed by atoms with Crippen molar-refractivity contribution in [1.82, 2.24) is 0 Å². The van der Waals surface area contributed by atoms with Crippen molar-refractivity contribution in [2.45, 2.75) is 0 Å². The first-order valence-electron chi connectivity index (χ1n) is 3.50. The van der Waals surface area contributed by atoms with Crippen molar-refractivity contribution in [3.05, 3.63) is 25.5 Å². The summed E-state index contributed by atoms with van der Waals surface area (Å²) in [5.74, 6) is -1.38. The van der Waals surface area contributed by atoms with Crippen molar-refractivity contribution >= 4 is 50.2 Å². The minimum absolute atomic E-state index is 0.127. The van der Waals surface area contributed by atoms with E-state index in [1.807, 2.05) is 0 Å². The third-order valence-corrected chi connectivity index (χ3v) is 3.31. The van der Waals surface area contributed by atoms with Gasteiger partial charge in [-0.15, -0.1) is 0 Å². The highest BCUT2D eigenvalue weighted by Gasteiger charge is 2.18. The predicted molar refractivity (Wildman–Crippen MR) is 62.6 cm³/mol. The van der Waals surface area contributed by atoms with Crippen LogP contribution < -0.4 is 5.73 Å². The zero-order valence-corrected chi connectivity index (χ0v) is 10.8. The van der Waals surface area contributed by atoms with Gasteiger partial charge in [-0.1, -0.05) is 0 Å². The van der Waals surface area contributed by atoms with Gasteiger partial charge in [-0.05, 0) is 44.6 Å². The molecule has 0 fully saturated rings. The monoisotopic (exact) mass is 373 g/mol. The second-order valence-electron chi connectivity index (χ2n) is 2.44. The summed E-state index contributed by atoms with van der Waals surface area (Å²) in [4.78, 5) is 11.1. The van der Waals surface area contributed by atoms with Gasteiger partial charge < -0.3 is 10.5 Å². The van der Waals surface area contributed by atoms with E-state index in [0.717, 1.165) is 0 Å². The van der Waals surface area contributed by atoms with Gasteiger partial charge in [0.05, 0.1) is 21.9 Å². The Morgan fingerprint density at radius 2 is 2.29 bits per heavy atom. The highest BCUT2D eigenvalue weighted by atomic mass is 127. The van der Waals surface area contributed by atoms with E-state index in [1.165, 1.54) is 13.2 Å². The summed E-state index contributed by atoms with van der Waals surface area (Å²) >= 11 is 4.86. The first-order chi connectivity index (χ1) is 6.49. The van der Waals surface area contributed by atoms with Gasteiger partial charge in [-0.2, -0.15) is 0 Å². The number of nitrogen functional groups attached to an aromatic ring is 1. The number of carbonyl (C=O) groups is 1. The van der Waals surface area contributed by atoms with Gasteiger partial charge in [-0.25, -0.2) is 9.18 Å². The SMILES string of the molecule is COC(=O)c1cc(Br)c(N)c(I)c1F. The van der Waals surface area contributed by atoms with Crippen molar-refractivity contribution in [3.63, 3.8) is 0 Å². The number of esters is 1.